The van der Waals surface area contributed by atoms with Gasteiger partial charge in [0.25, 0.3) is 0 Å². The van der Waals surface area contributed by atoms with E-state index >= 15 is 0 Å². The quantitative estimate of drug-likeness (QED) is 0.0137. The van der Waals surface area contributed by atoms with Crippen LogP contribution in [0.2, 0.25) is 0 Å². The maximum atomic E-state index is 14.4. The first-order chi connectivity index (χ1) is 34.0. The maximum absolute atomic E-state index is 14.4. The summed E-state index contributed by atoms with van der Waals surface area (Å²) in [5, 5.41) is 0. The summed E-state index contributed by atoms with van der Waals surface area (Å²) >= 11 is 0. The minimum Gasteiger partial charge on any atom is -0.497 e. The molecule has 71 heavy (non-hydrogen) atoms. The van der Waals surface area contributed by atoms with E-state index in [1.807, 2.05) is 113 Å². The number of carbonyl (C=O) groups is 2. The first-order valence-corrected chi connectivity index (χ1v) is 25.2. The molecule has 5 aromatic rings. The monoisotopic (exact) mass is 989 g/mol. The fraction of sp³-hybridized carbons (Fsp3) is 0.429. The van der Waals surface area contributed by atoms with E-state index in [4.69, 9.17) is 44.1 Å². The van der Waals surface area contributed by atoms with Crippen molar-refractivity contribution in [1.82, 2.24) is 14.2 Å². The third-order valence-corrected chi connectivity index (χ3v) is 14.7. The Morgan fingerprint density at radius 1 is 0.817 bits per heavy atom. The highest BCUT2D eigenvalue weighted by molar-refractivity contribution is 7.51. The molecule has 1 saturated heterocycles. The van der Waals surface area contributed by atoms with Crippen LogP contribution in [0.4, 0.5) is 0 Å². The first kappa shape index (κ1) is 54.6. The second-order valence-corrected chi connectivity index (χ2v) is 20.2. The summed E-state index contributed by atoms with van der Waals surface area (Å²) in [5.74, 6) is 3.28. The first-order valence-electron chi connectivity index (χ1n) is 23.8. The molecule has 0 N–H and O–H groups in total. The summed E-state index contributed by atoms with van der Waals surface area (Å²) in [7, 11) is 2.99. The number of Topliss-reactive ketones (excluding diaryl/α,β-unsaturated/α-hetero) is 1. The van der Waals surface area contributed by atoms with Crippen LogP contribution in [0.15, 0.2) is 120 Å². The molecule has 378 valence electrons. The molecule has 0 aliphatic carbocycles. The van der Waals surface area contributed by atoms with Gasteiger partial charge < -0.3 is 37.7 Å². The molecule has 0 radical (unpaired) electrons. The Bertz CT molecular complexity index is 2540. The lowest BCUT2D eigenvalue weighted by molar-refractivity contribution is -0.152. The maximum Gasteiger partial charge on any atom is 0.350 e. The zero-order chi connectivity index (χ0) is 51.3. The van der Waals surface area contributed by atoms with Gasteiger partial charge in [0.05, 0.1) is 46.2 Å². The predicted octanol–water partition coefficient (Wildman–Crippen LogP) is 9.09. The summed E-state index contributed by atoms with van der Waals surface area (Å²) in [6, 6.07) is 34.0. The van der Waals surface area contributed by atoms with E-state index in [0.717, 1.165) is 16.7 Å². The van der Waals surface area contributed by atoms with Crippen molar-refractivity contribution < 1.29 is 47.3 Å². The van der Waals surface area contributed by atoms with Gasteiger partial charge in [-0.15, -0.1) is 12.3 Å². The Morgan fingerprint density at radius 3 is 1.92 bits per heavy atom. The third-order valence-electron chi connectivity index (χ3n) is 12.2. The van der Waals surface area contributed by atoms with Crippen molar-refractivity contribution in [3.63, 3.8) is 0 Å². The number of nitrogens with zero attached hydrogens (tertiary/aromatic N) is 3. The van der Waals surface area contributed by atoms with E-state index < -0.39 is 55.7 Å². The van der Waals surface area contributed by atoms with E-state index in [1.54, 1.807) is 72.6 Å². The lowest BCUT2D eigenvalue weighted by Gasteiger charge is -2.40. The van der Waals surface area contributed by atoms with Gasteiger partial charge in [0, 0.05) is 37.4 Å². The van der Waals surface area contributed by atoms with Crippen molar-refractivity contribution in [3.8, 4) is 23.8 Å². The number of aryl methyl sites for hydroxylation is 1. The fourth-order valence-electron chi connectivity index (χ4n) is 8.92. The highest BCUT2D eigenvalue weighted by Crippen LogP contribution is 2.51. The Hall–Kier alpha value is -5.75. The minimum atomic E-state index is -1.82. The number of rotatable bonds is 25. The van der Waals surface area contributed by atoms with Crippen LogP contribution >= 0.6 is 8.30 Å². The van der Waals surface area contributed by atoms with Crippen LogP contribution in [-0.4, -0.2) is 109 Å². The average Bonchev–Trinajstić information content (AvgIpc) is 3.68. The van der Waals surface area contributed by atoms with Crippen LogP contribution in [0.5, 0.6) is 11.5 Å². The molecule has 2 unspecified atom stereocenters. The van der Waals surface area contributed by atoms with Crippen molar-refractivity contribution in [2.24, 2.45) is 0 Å². The van der Waals surface area contributed by atoms with Gasteiger partial charge >= 0.3 is 11.7 Å². The van der Waals surface area contributed by atoms with Gasteiger partial charge in [-0.3, -0.25) is 18.8 Å². The normalized spacial score (nSPS) is 17.6. The lowest BCUT2D eigenvalue weighted by Crippen LogP contribution is -2.44. The number of benzene rings is 4. The van der Waals surface area contributed by atoms with Crippen LogP contribution in [-0.2, 0) is 45.0 Å². The summed E-state index contributed by atoms with van der Waals surface area (Å²) in [6.45, 7) is 13.7. The smallest absolute Gasteiger partial charge is 0.350 e. The number of carbonyl (C=O) groups excluding carboxylic acids is 2. The van der Waals surface area contributed by atoms with Gasteiger partial charge in [-0.05, 0) is 95.0 Å². The molecule has 15 heteroatoms. The van der Waals surface area contributed by atoms with Gasteiger partial charge in [0.1, 0.15) is 55.5 Å². The summed E-state index contributed by atoms with van der Waals surface area (Å²) in [4.78, 5) is 46.3. The molecular formula is C56H68N3O11P. The van der Waals surface area contributed by atoms with Gasteiger partial charge in [-0.25, -0.2) is 4.79 Å². The van der Waals surface area contributed by atoms with Crippen LogP contribution in [0.25, 0.3) is 0 Å². The molecule has 5 atom stereocenters. The van der Waals surface area contributed by atoms with Crippen LogP contribution < -0.4 is 15.2 Å². The van der Waals surface area contributed by atoms with Crippen molar-refractivity contribution >= 4 is 20.1 Å². The second kappa shape index (κ2) is 25.1. The molecule has 0 saturated carbocycles. The van der Waals surface area contributed by atoms with Gasteiger partial charge in [0.2, 0.25) is 0 Å². The van der Waals surface area contributed by atoms with E-state index in [-0.39, 0.29) is 56.7 Å². The molecule has 2 heterocycles. The average molecular weight is 990 g/mol. The Kier molecular flexibility index (Phi) is 19.3. The number of aromatic nitrogens is 2. The molecule has 4 aromatic carbocycles. The highest BCUT2D eigenvalue weighted by atomic mass is 31.2. The number of hydrogen-bond acceptors (Lipinski definition) is 13. The van der Waals surface area contributed by atoms with E-state index in [0.29, 0.717) is 28.3 Å². The fourth-order valence-corrected chi connectivity index (χ4v) is 11.1. The Balaban J connectivity index is 1.51. The molecule has 14 nitrogen and oxygen atoms in total. The molecular weight excluding hydrogens is 922 g/mol. The van der Waals surface area contributed by atoms with E-state index in [2.05, 4.69) is 15.6 Å². The van der Waals surface area contributed by atoms with Gasteiger partial charge in [0.15, 0.2) is 12.0 Å². The van der Waals surface area contributed by atoms with Crippen molar-refractivity contribution in [2.45, 2.75) is 109 Å². The van der Waals surface area contributed by atoms with Crippen LogP contribution in [0.3, 0.4) is 0 Å². The number of ketones is 1. The zero-order valence-electron chi connectivity index (χ0n) is 42.5. The third kappa shape index (κ3) is 13.4. The largest absolute Gasteiger partial charge is 0.497 e. The molecule has 6 rings (SSSR count). The van der Waals surface area contributed by atoms with Gasteiger partial charge in [-0.2, -0.15) is 4.98 Å². The standard InChI is InChI=1S/C56H68N3O11P/c1-12-31-55(7,8)69-50(61)37-71(59(38(2)3)39(4)5)70-51-49(36-67-56(42-21-17-14-18-22-42,43-23-27-45(64-10)28-24-43)44-25-29-46(65-11)30-26-44)68-53(52(51)66-33-32-63-9)58-35-40(6)47(57-54(58)62)34-48(60)41-19-15-13-16-20-41/h1,13-30,35,38-39,49,51-53H,31-34,36-37H2,2-11H3/t49-,51?,52+,53-,71?/m1/s1. The Morgan fingerprint density at radius 2 is 1.38 bits per heavy atom. The summed E-state index contributed by atoms with van der Waals surface area (Å²) < 4.78 is 54.8. The Labute approximate surface area is 419 Å². The molecule has 1 aliphatic heterocycles. The zero-order valence-corrected chi connectivity index (χ0v) is 43.4. The van der Waals surface area contributed by atoms with Gasteiger partial charge in [-0.1, -0.05) is 84.9 Å². The number of hydrogen-bond donors (Lipinski definition) is 0. The lowest BCUT2D eigenvalue weighted by atomic mass is 9.80. The van der Waals surface area contributed by atoms with Crippen molar-refractivity contribution in [2.75, 3.05) is 47.3 Å². The summed E-state index contributed by atoms with van der Waals surface area (Å²) in [5.41, 5.74) is 1.000. The molecule has 1 aromatic heterocycles. The number of esters is 1. The van der Waals surface area contributed by atoms with E-state index in [9.17, 15) is 14.4 Å². The van der Waals surface area contributed by atoms with E-state index in [1.165, 1.54) is 4.57 Å². The molecule has 0 bridgehead atoms. The predicted molar refractivity (Wildman–Crippen MR) is 274 cm³/mol. The van der Waals surface area contributed by atoms with Crippen LogP contribution in [0.1, 0.15) is 92.5 Å². The number of ether oxygens (including phenoxy) is 7. The molecule has 0 amide bonds. The molecule has 1 fully saturated rings. The molecule has 0 spiro atoms. The molecule has 1 aliphatic rings. The number of terminal acetylenes is 1. The topological polar surface area (TPSA) is 146 Å². The summed E-state index contributed by atoms with van der Waals surface area (Å²) in [6.07, 6.45) is 3.31. The number of methoxy groups -OCH3 is 3. The second-order valence-electron chi connectivity index (χ2n) is 18.5. The van der Waals surface area contributed by atoms with Crippen molar-refractivity contribution in [3.05, 3.63) is 159 Å². The van der Waals surface area contributed by atoms with Crippen LogP contribution in [0, 0.1) is 19.3 Å². The highest BCUT2D eigenvalue weighted by Gasteiger charge is 2.51. The SMILES string of the molecule is C#CCC(C)(C)OC(=O)CP(OC1[C@@H](COC(c2ccccc2)(c2ccc(OC)cc2)c2ccc(OC)cc2)O[C@@H](n2cc(C)c(CC(=O)c3ccccc3)nc2=O)[C@H]1OCCOC)N(C(C)C)C(C)C. The minimum absolute atomic E-state index is 0.0789. The van der Waals surface area contributed by atoms with Crippen molar-refractivity contribution in [1.29, 1.82) is 0 Å².